The summed E-state index contributed by atoms with van der Waals surface area (Å²) in [6, 6.07) is 6.81. The zero-order valence-electron chi connectivity index (χ0n) is 12.5. The average molecular weight is 325 g/mol. The van der Waals surface area contributed by atoms with Gasteiger partial charge in [0.1, 0.15) is 11.9 Å². The summed E-state index contributed by atoms with van der Waals surface area (Å²) in [6.45, 7) is 2.55. The van der Waals surface area contributed by atoms with E-state index in [1.54, 1.807) is 17.0 Å². The number of nitrogen functional groups attached to an aromatic ring is 1. The molecule has 1 aromatic rings. The fourth-order valence-corrected chi connectivity index (χ4v) is 2.53. The molecule has 1 fully saturated rings. The predicted octanol–water partition coefficient (Wildman–Crippen LogP) is 1.02. The minimum Gasteiger partial charge on any atom is -0.384 e. The van der Waals surface area contributed by atoms with Gasteiger partial charge < -0.3 is 16.0 Å². The summed E-state index contributed by atoms with van der Waals surface area (Å²) in [5.41, 5.74) is 6.98. The number of nitrogens with one attached hydrogen (secondary N) is 2. The van der Waals surface area contributed by atoms with Crippen LogP contribution in [0, 0.1) is 5.41 Å². The standard InChI is InChI=1S/C15H20N4O2.ClH/c1-10(20)19-8-2-3-13(19)15(21)18-9-11-4-6-12(7-5-11)14(16)17;/h4-7,13H,2-3,8-9H2,1H3,(H3,16,17)(H,18,21);1H/t13-;/m0./s1. The lowest BCUT2D eigenvalue weighted by atomic mass is 10.1. The van der Waals surface area contributed by atoms with Crippen LogP contribution in [0.3, 0.4) is 0 Å². The topological polar surface area (TPSA) is 99.3 Å². The number of halogens is 1. The molecule has 2 amide bonds. The molecule has 1 aliphatic heterocycles. The Hall–Kier alpha value is -2.08. The lowest BCUT2D eigenvalue weighted by molar-refractivity contribution is -0.136. The number of amidine groups is 1. The SMILES string of the molecule is CC(=O)N1CCC[C@H]1C(=O)NCc1ccc(C(=N)N)cc1.Cl. The molecule has 0 bridgehead atoms. The summed E-state index contributed by atoms with van der Waals surface area (Å²) in [7, 11) is 0. The van der Waals surface area contributed by atoms with Gasteiger partial charge in [0, 0.05) is 25.6 Å². The van der Waals surface area contributed by atoms with Crippen LogP contribution in [0.2, 0.25) is 0 Å². The largest absolute Gasteiger partial charge is 0.384 e. The van der Waals surface area contributed by atoms with Gasteiger partial charge in [0.15, 0.2) is 0 Å². The Morgan fingerprint density at radius 1 is 1.36 bits per heavy atom. The monoisotopic (exact) mass is 324 g/mol. The Morgan fingerprint density at radius 3 is 2.55 bits per heavy atom. The molecule has 2 rings (SSSR count). The van der Waals surface area contributed by atoms with Crippen molar-refractivity contribution in [1.82, 2.24) is 10.2 Å². The van der Waals surface area contributed by atoms with Gasteiger partial charge in [0.05, 0.1) is 0 Å². The van der Waals surface area contributed by atoms with Crippen molar-refractivity contribution in [2.75, 3.05) is 6.54 Å². The van der Waals surface area contributed by atoms with Gasteiger partial charge in [0.2, 0.25) is 11.8 Å². The summed E-state index contributed by atoms with van der Waals surface area (Å²) < 4.78 is 0. The minimum atomic E-state index is -0.348. The van der Waals surface area contributed by atoms with Gasteiger partial charge in [-0.1, -0.05) is 24.3 Å². The molecule has 1 aliphatic rings. The van der Waals surface area contributed by atoms with Crippen molar-refractivity contribution >= 4 is 30.1 Å². The van der Waals surface area contributed by atoms with Crippen molar-refractivity contribution < 1.29 is 9.59 Å². The van der Waals surface area contributed by atoms with Crippen molar-refractivity contribution in [3.63, 3.8) is 0 Å². The molecule has 6 nitrogen and oxygen atoms in total. The molecule has 0 radical (unpaired) electrons. The average Bonchev–Trinajstić information content (AvgIpc) is 2.95. The first-order valence-corrected chi connectivity index (χ1v) is 6.97. The van der Waals surface area contributed by atoms with Crippen molar-refractivity contribution in [2.45, 2.75) is 32.4 Å². The number of hydrogen-bond acceptors (Lipinski definition) is 3. The highest BCUT2D eigenvalue weighted by Crippen LogP contribution is 2.17. The summed E-state index contributed by atoms with van der Waals surface area (Å²) in [5, 5.41) is 10.2. The molecule has 22 heavy (non-hydrogen) atoms. The van der Waals surface area contributed by atoms with Gasteiger partial charge in [-0.2, -0.15) is 0 Å². The number of carbonyl (C=O) groups is 2. The van der Waals surface area contributed by atoms with Crippen molar-refractivity contribution in [1.29, 1.82) is 5.41 Å². The van der Waals surface area contributed by atoms with Crippen LogP contribution in [-0.4, -0.2) is 35.1 Å². The van der Waals surface area contributed by atoms with Crippen molar-refractivity contribution in [2.24, 2.45) is 5.73 Å². The molecule has 7 heteroatoms. The van der Waals surface area contributed by atoms with Crippen LogP contribution in [0.15, 0.2) is 24.3 Å². The highest BCUT2D eigenvalue weighted by atomic mass is 35.5. The third-order valence-corrected chi connectivity index (χ3v) is 3.69. The molecule has 1 atom stereocenters. The first kappa shape index (κ1) is 18.0. The van der Waals surface area contributed by atoms with Crippen molar-refractivity contribution in [3.05, 3.63) is 35.4 Å². The molecule has 120 valence electrons. The van der Waals surface area contributed by atoms with E-state index < -0.39 is 0 Å². The molecular weight excluding hydrogens is 304 g/mol. The van der Waals surface area contributed by atoms with Gasteiger partial charge >= 0.3 is 0 Å². The number of benzene rings is 1. The Balaban J connectivity index is 0.00000242. The van der Waals surface area contributed by atoms with E-state index in [0.29, 0.717) is 25.1 Å². The van der Waals surface area contributed by atoms with Crippen molar-refractivity contribution in [3.8, 4) is 0 Å². The molecule has 1 aromatic carbocycles. The second kappa shape index (κ2) is 7.79. The van der Waals surface area contributed by atoms with Crippen LogP contribution in [-0.2, 0) is 16.1 Å². The lowest BCUT2D eigenvalue weighted by Gasteiger charge is -2.22. The van der Waals surface area contributed by atoms with Gasteiger partial charge in [-0.25, -0.2) is 0 Å². The quantitative estimate of drug-likeness (QED) is 0.569. The zero-order chi connectivity index (χ0) is 15.4. The first-order chi connectivity index (χ1) is 9.99. The Morgan fingerprint density at radius 2 is 2.00 bits per heavy atom. The smallest absolute Gasteiger partial charge is 0.243 e. The lowest BCUT2D eigenvalue weighted by Crippen LogP contribution is -2.44. The Kier molecular flexibility index (Phi) is 6.37. The normalized spacial score (nSPS) is 16.8. The van der Waals surface area contributed by atoms with Crippen LogP contribution in [0.4, 0.5) is 0 Å². The molecule has 0 aliphatic carbocycles. The fraction of sp³-hybridized carbons (Fsp3) is 0.400. The molecule has 0 saturated carbocycles. The molecule has 0 unspecified atom stereocenters. The summed E-state index contributed by atoms with van der Waals surface area (Å²) in [6.07, 6.45) is 1.58. The number of nitrogens with zero attached hydrogens (tertiary/aromatic N) is 1. The molecule has 1 saturated heterocycles. The zero-order valence-corrected chi connectivity index (χ0v) is 13.3. The number of carbonyl (C=O) groups excluding carboxylic acids is 2. The molecule has 0 spiro atoms. The molecule has 1 heterocycles. The Bertz CT molecular complexity index is 559. The van der Waals surface area contributed by atoms with Gasteiger partial charge in [-0.15, -0.1) is 12.4 Å². The molecule has 4 N–H and O–H groups in total. The third kappa shape index (κ3) is 4.21. The van der Waals surface area contributed by atoms with E-state index in [4.69, 9.17) is 11.1 Å². The van der Waals surface area contributed by atoms with E-state index in [1.165, 1.54) is 6.92 Å². The fourth-order valence-electron chi connectivity index (χ4n) is 2.53. The van der Waals surface area contributed by atoms with E-state index >= 15 is 0 Å². The number of likely N-dealkylation sites (tertiary alicyclic amines) is 1. The van der Waals surface area contributed by atoms with Crippen LogP contribution in [0.1, 0.15) is 30.9 Å². The predicted molar refractivity (Wildman–Crippen MR) is 87.0 cm³/mol. The highest BCUT2D eigenvalue weighted by Gasteiger charge is 2.31. The maximum Gasteiger partial charge on any atom is 0.243 e. The van der Waals surface area contributed by atoms with Crippen LogP contribution >= 0.6 is 12.4 Å². The summed E-state index contributed by atoms with van der Waals surface area (Å²) >= 11 is 0. The second-order valence-corrected chi connectivity index (χ2v) is 5.20. The van der Waals surface area contributed by atoms with Crippen LogP contribution < -0.4 is 11.1 Å². The van der Waals surface area contributed by atoms with Gasteiger partial charge in [0.25, 0.3) is 0 Å². The van der Waals surface area contributed by atoms with E-state index in [9.17, 15) is 9.59 Å². The van der Waals surface area contributed by atoms with Gasteiger partial charge in [-0.3, -0.25) is 15.0 Å². The highest BCUT2D eigenvalue weighted by molar-refractivity contribution is 5.94. The number of amides is 2. The Labute approximate surface area is 136 Å². The summed E-state index contributed by atoms with van der Waals surface area (Å²) in [4.78, 5) is 25.2. The third-order valence-electron chi connectivity index (χ3n) is 3.69. The summed E-state index contributed by atoms with van der Waals surface area (Å²) in [5.74, 6) is -0.148. The van der Waals surface area contributed by atoms with Gasteiger partial charge in [-0.05, 0) is 18.4 Å². The van der Waals surface area contributed by atoms with E-state index in [-0.39, 0.29) is 36.1 Å². The minimum absolute atomic E-state index is 0. The van der Waals surface area contributed by atoms with E-state index in [0.717, 1.165) is 12.0 Å². The number of rotatable bonds is 4. The van der Waals surface area contributed by atoms with E-state index in [2.05, 4.69) is 5.32 Å². The maximum atomic E-state index is 12.1. The first-order valence-electron chi connectivity index (χ1n) is 6.97. The van der Waals surface area contributed by atoms with Crippen LogP contribution in [0.5, 0.6) is 0 Å². The second-order valence-electron chi connectivity index (χ2n) is 5.20. The van der Waals surface area contributed by atoms with E-state index in [1.807, 2.05) is 12.1 Å². The maximum absolute atomic E-state index is 12.1. The molecule has 0 aromatic heterocycles. The molecular formula is C15H21ClN4O2. The number of hydrogen-bond donors (Lipinski definition) is 3. The van der Waals surface area contributed by atoms with Crippen LogP contribution in [0.25, 0.3) is 0 Å². The number of nitrogens with two attached hydrogens (primary N) is 1.